The van der Waals surface area contributed by atoms with Gasteiger partial charge in [-0.1, -0.05) is 30.3 Å². The molecule has 1 saturated carbocycles. The molecule has 3 aromatic rings. The third-order valence-corrected chi connectivity index (χ3v) is 9.38. The number of aliphatic hydroxyl groups is 1. The molecule has 1 amide bonds. The fourth-order valence-corrected chi connectivity index (χ4v) is 6.77. The number of pyridine rings is 1. The number of carbonyl (C=O) groups is 1. The van der Waals surface area contributed by atoms with E-state index in [-0.39, 0.29) is 24.9 Å². The standard InChI is InChI=1S/C28H31N3O5S.H2/c1-19-17-21(10-13-25(19)36-2)28(14-15-28)27(33)30-26-7-3-6-24(29-26)20-8-11-23(12-9-20)37(34,35)31-16-4-5-22(31)18-32;/h3,6-13,17,22,32H,4-5,14-16,18H2,1-2H3,(H,29,30,33);1H/t22-;/m1./s1. The Labute approximate surface area is 218 Å². The van der Waals surface area contributed by atoms with Gasteiger partial charge in [0.2, 0.25) is 15.9 Å². The molecule has 196 valence electrons. The summed E-state index contributed by atoms with van der Waals surface area (Å²) in [4.78, 5) is 18.1. The molecular weight excluding hydrogens is 490 g/mol. The summed E-state index contributed by atoms with van der Waals surface area (Å²) in [5, 5.41) is 12.5. The normalized spacial score (nSPS) is 18.9. The molecule has 8 nitrogen and oxygen atoms in total. The SMILES string of the molecule is COc1ccc(C2(C(=O)Nc3cccc(-c4ccc(S(=O)(=O)N5CCC[C@@H]5CO)cc4)n3)CC2)cc1C.[HH]. The molecule has 37 heavy (non-hydrogen) atoms. The minimum atomic E-state index is -3.68. The Morgan fingerprint density at radius 1 is 1.19 bits per heavy atom. The second-order valence-corrected chi connectivity index (χ2v) is 11.6. The van der Waals surface area contributed by atoms with E-state index < -0.39 is 15.4 Å². The zero-order valence-electron chi connectivity index (χ0n) is 21.0. The van der Waals surface area contributed by atoms with E-state index in [1.165, 1.54) is 4.31 Å². The number of aromatic nitrogens is 1. The van der Waals surface area contributed by atoms with Crippen molar-refractivity contribution in [1.82, 2.24) is 9.29 Å². The van der Waals surface area contributed by atoms with E-state index in [0.717, 1.165) is 41.7 Å². The lowest BCUT2D eigenvalue weighted by atomic mass is 9.93. The molecule has 9 heteroatoms. The van der Waals surface area contributed by atoms with E-state index in [2.05, 4.69) is 10.3 Å². The molecule has 2 N–H and O–H groups in total. The molecule has 5 rings (SSSR count). The first-order valence-corrected chi connectivity index (χ1v) is 13.9. The zero-order chi connectivity index (χ0) is 26.2. The average molecular weight is 524 g/mol. The molecule has 1 aromatic heterocycles. The molecule has 2 heterocycles. The van der Waals surface area contributed by atoms with Crippen molar-refractivity contribution >= 4 is 21.7 Å². The van der Waals surface area contributed by atoms with Gasteiger partial charge in [-0.25, -0.2) is 13.4 Å². The number of ether oxygens (including phenoxy) is 1. The summed E-state index contributed by atoms with van der Waals surface area (Å²) < 4.78 is 32.8. The van der Waals surface area contributed by atoms with Crippen LogP contribution < -0.4 is 10.1 Å². The predicted octanol–water partition coefficient (Wildman–Crippen LogP) is 4.13. The highest BCUT2D eigenvalue weighted by molar-refractivity contribution is 7.89. The average Bonchev–Trinajstić information content (AvgIpc) is 3.58. The fraction of sp³-hybridized carbons (Fsp3) is 0.357. The smallest absolute Gasteiger partial charge is 0.243 e. The van der Waals surface area contributed by atoms with Crippen molar-refractivity contribution in [2.75, 3.05) is 25.6 Å². The highest BCUT2D eigenvalue weighted by Crippen LogP contribution is 2.49. The molecule has 0 bridgehead atoms. The van der Waals surface area contributed by atoms with E-state index in [4.69, 9.17) is 4.74 Å². The summed E-state index contributed by atoms with van der Waals surface area (Å²) in [5.74, 6) is 1.15. The number of nitrogens with zero attached hydrogens (tertiary/aromatic N) is 2. The molecule has 0 spiro atoms. The first-order valence-electron chi connectivity index (χ1n) is 12.5. The van der Waals surface area contributed by atoms with Crippen molar-refractivity contribution in [3.05, 3.63) is 71.8 Å². The summed E-state index contributed by atoms with van der Waals surface area (Å²) in [6.07, 6.45) is 2.95. The second kappa shape index (κ2) is 9.89. The number of hydrogen-bond acceptors (Lipinski definition) is 6. The van der Waals surface area contributed by atoms with Crippen molar-refractivity contribution in [2.45, 2.75) is 49.0 Å². The largest absolute Gasteiger partial charge is 0.496 e. The first kappa shape index (κ1) is 25.4. The maximum atomic E-state index is 13.3. The molecule has 1 atom stereocenters. The molecule has 2 aliphatic rings. The fourth-order valence-electron chi connectivity index (χ4n) is 5.09. The summed E-state index contributed by atoms with van der Waals surface area (Å²) >= 11 is 0. The highest BCUT2D eigenvalue weighted by atomic mass is 32.2. The predicted molar refractivity (Wildman–Crippen MR) is 143 cm³/mol. The Morgan fingerprint density at radius 3 is 2.59 bits per heavy atom. The van der Waals surface area contributed by atoms with Gasteiger partial charge in [-0.05, 0) is 74.1 Å². The topological polar surface area (TPSA) is 109 Å². The molecule has 0 unspecified atom stereocenters. The monoisotopic (exact) mass is 523 g/mol. The third kappa shape index (κ3) is 4.74. The molecular formula is C28H33N3O5S. The Kier molecular flexibility index (Phi) is 6.78. The number of aryl methyl sites for hydroxylation is 1. The van der Waals surface area contributed by atoms with Crippen molar-refractivity contribution in [1.29, 1.82) is 0 Å². The van der Waals surface area contributed by atoms with Crippen molar-refractivity contribution in [3.8, 4) is 17.0 Å². The van der Waals surface area contributed by atoms with Crippen LogP contribution in [-0.4, -0.2) is 55.0 Å². The number of rotatable bonds is 8. The Balaban J connectivity index is 0.00000336. The van der Waals surface area contributed by atoms with E-state index in [0.29, 0.717) is 24.5 Å². The van der Waals surface area contributed by atoms with E-state index in [1.807, 2.05) is 37.3 Å². The number of nitrogens with one attached hydrogen (secondary N) is 1. The van der Waals surface area contributed by atoms with Gasteiger partial charge in [-0.2, -0.15) is 4.31 Å². The Bertz CT molecular complexity index is 1420. The van der Waals surface area contributed by atoms with Crippen molar-refractivity contribution in [3.63, 3.8) is 0 Å². The summed E-state index contributed by atoms with van der Waals surface area (Å²) in [6, 6.07) is 17.4. The number of carbonyl (C=O) groups excluding carboxylic acids is 1. The number of hydrogen-bond donors (Lipinski definition) is 2. The van der Waals surface area contributed by atoms with Crippen LogP contribution in [0, 0.1) is 6.92 Å². The number of methoxy groups -OCH3 is 1. The quantitative estimate of drug-likeness (QED) is 0.460. The summed E-state index contributed by atoms with van der Waals surface area (Å²) in [6.45, 7) is 2.20. The van der Waals surface area contributed by atoms with Gasteiger partial charge < -0.3 is 15.2 Å². The van der Waals surface area contributed by atoms with Crippen LogP contribution in [0.4, 0.5) is 5.82 Å². The molecule has 0 radical (unpaired) electrons. The first-order chi connectivity index (χ1) is 17.8. The van der Waals surface area contributed by atoms with Gasteiger partial charge >= 0.3 is 0 Å². The van der Waals surface area contributed by atoms with Crippen molar-refractivity contribution < 1.29 is 24.5 Å². The van der Waals surface area contributed by atoms with Gasteiger partial charge in [0, 0.05) is 19.6 Å². The van der Waals surface area contributed by atoms with Crippen molar-refractivity contribution in [2.24, 2.45) is 0 Å². The second-order valence-electron chi connectivity index (χ2n) is 9.75. The Morgan fingerprint density at radius 2 is 1.95 bits per heavy atom. The molecule has 1 saturated heterocycles. The maximum absolute atomic E-state index is 13.3. The van der Waals surface area contributed by atoms with Gasteiger partial charge in [0.15, 0.2) is 0 Å². The van der Waals surface area contributed by atoms with Crippen LogP contribution in [0.5, 0.6) is 5.75 Å². The number of sulfonamides is 1. The van der Waals surface area contributed by atoms with Crippen LogP contribution >= 0.6 is 0 Å². The van der Waals surface area contributed by atoms with Crippen LogP contribution in [0.15, 0.2) is 65.6 Å². The lowest BCUT2D eigenvalue weighted by molar-refractivity contribution is -0.118. The molecule has 2 fully saturated rings. The lowest BCUT2D eigenvalue weighted by Crippen LogP contribution is -2.37. The highest BCUT2D eigenvalue weighted by Gasteiger charge is 2.51. The van der Waals surface area contributed by atoms with Crippen LogP contribution in [0.1, 0.15) is 38.2 Å². The van der Waals surface area contributed by atoms with Gasteiger partial charge in [0.25, 0.3) is 0 Å². The maximum Gasteiger partial charge on any atom is 0.243 e. The molecule has 1 aliphatic carbocycles. The number of anilines is 1. The number of aliphatic hydroxyl groups excluding tert-OH is 1. The number of amides is 1. The minimum Gasteiger partial charge on any atom is -0.496 e. The summed E-state index contributed by atoms with van der Waals surface area (Å²) in [7, 11) is -2.05. The van der Waals surface area contributed by atoms with Crippen LogP contribution in [0.2, 0.25) is 0 Å². The van der Waals surface area contributed by atoms with E-state index >= 15 is 0 Å². The zero-order valence-corrected chi connectivity index (χ0v) is 21.8. The molecule has 1 aliphatic heterocycles. The van der Waals surface area contributed by atoms with Gasteiger partial charge in [0.05, 0.1) is 29.7 Å². The third-order valence-electron chi connectivity index (χ3n) is 7.41. The van der Waals surface area contributed by atoms with Crippen LogP contribution in [0.25, 0.3) is 11.3 Å². The van der Waals surface area contributed by atoms with Crippen LogP contribution in [0.3, 0.4) is 0 Å². The minimum absolute atomic E-state index is 0. The Hall–Kier alpha value is -3.27. The number of benzene rings is 2. The van der Waals surface area contributed by atoms with E-state index in [1.54, 1.807) is 37.4 Å². The van der Waals surface area contributed by atoms with E-state index in [9.17, 15) is 18.3 Å². The molecule has 2 aromatic carbocycles. The van der Waals surface area contributed by atoms with Crippen LogP contribution in [-0.2, 0) is 20.2 Å². The van der Waals surface area contributed by atoms with Gasteiger partial charge in [-0.3, -0.25) is 4.79 Å². The summed E-state index contributed by atoms with van der Waals surface area (Å²) in [5.41, 5.74) is 2.76. The lowest BCUT2D eigenvalue weighted by Gasteiger charge is -2.22. The van der Waals surface area contributed by atoms with Gasteiger partial charge in [0.1, 0.15) is 11.6 Å². The van der Waals surface area contributed by atoms with Gasteiger partial charge in [-0.15, -0.1) is 0 Å².